The maximum atomic E-state index is 15.0. The molecule has 4 amide bonds. The molecule has 0 spiro atoms. The molecule has 0 unspecified atom stereocenters. The van der Waals surface area contributed by atoms with E-state index in [4.69, 9.17) is 0 Å². The zero-order valence-electron chi connectivity index (χ0n) is 21.7. The number of nitrogens with one attached hydrogen (secondary N) is 1. The van der Waals surface area contributed by atoms with Gasteiger partial charge in [0, 0.05) is 43.0 Å². The molecule has 14 heteroatoms. The van der Waals surface area contributed by atoms with Crippen molar-refractivity contribution < 1.29 is 36.3 Å². The number of hydrogen-bond acceptors (Lipinski definition) is 4. The highest BCUT2D eigenvalue weighted by molar-refractivity contribution is 6.49. The van der Waals surface area contributed by atoms with Gasteiger partial charge in [0.1, 0.15) is 11.5 Å². The van der Waals surface area contributed by atoms with Gasteiger partial charge in [0.05, 0.1) is 48.1 Å². The van der Waals surface area contributed by atoms with Crippen LogP contribution in [-0.2, 0) is 22.7 Å². The van der Waals surface area contributed by atoms with Crippen LogP contribution in [0.4, 0.5) is 26.7 Å². The number of carbonyl (C=O) groups is 3. The van der Waals surface area contributed by atoms with E-state index < -0.39 is 55.0 Å². The Balaban J connectivity index is 1.32. The summed E-state index contributed by atoms with van der Waals surface area (Å²) < 4.78 is 74.4. The predicted octanol–water partition coefficient (Wildman–Crippen LogP) is 3.91. The molecule has 4 aromatic rings. The van der Waals surface area contributed by atoms with Crippen molar-refractivity contribution in [2.24, 2.45) is 0 Å². The number of alkyl halides is 4. The molecule has 7 rings (SSSR count). The highest BCUT2D eigenvalue weighted by Crippen LogP contribution is 2.40. The summed E-state index contributed by atoms with van der Waals surface area (Å²) in [7, 11) is 0. The number of nitrogens with zero attached hydrogens (tertiary/aromatic N) is 5. The van der Waals surface area contributed by atoms with Crippen LogP contribution in [0.1, 0.15) is 23.2 Å². The first-order chi connectivity index (χ1) is 19.9. The molecule has 1 N–H and O–H groups in total. The van der Waals surface area contributed by atoms with E-state index in [1.807, 2.05) is 0 Å². The summed E-state index contributed by atoms with van der Waals surface area (Å²) in [6.45, 7) is -2.49. The van der Waals surface area contributed by atoms with Crippen molar-refractivity contribution in [2.75, 3.05) is 19.6 Å². The molecule has 3 aromatic heterocycles. The second-order valence-corrected chi connectivity index (χ2v) is 10.8. The first kappa shape index (κ1) is 26.2. The second kappa shape index (κ2) is 8.87. The smallest absolute Gasteiger partial charge is 0.320 e. The van der Waals surface area contributed by atoms with Crippen molar-refractivity contribution >= 4 is 45.5 Å². The van der Waals surface area contributed by atoms with Gasteiger partial charge in [-0.25, -0.2) is 31.7 Å². The summed E-state index contributed by atoms with van der Waals surface area (Å²) in [5.41, 5.74) is 2.03. The van der Waals surface area contributed by atoms with Gasteiger partial charge >= 0.3 is 6.03 Å². The van der Waals surface area contributed by atoms with Crippen molar-refractivity contribution in [3.8, 4) is 0 Å². The minimum atomic E-state index is -3.75. The third-order valence-electron chi connectivity index (χ3n) is 7.76. The normalized spacial score (nSPS) is 20.0. The van der Waals surface area contributed by atoms with E-state index in [-0.39, 0.29) is 36.3 Å². The number of likely N-dealkylation sites (tertiary alicyclic amines) is 1. The molecule has 0 radical (unpaired) electrons. The monoisotopic (exact) mass is 584 g/mol. The number of imidazole rings is 1. The van der Waals surface area contributed by atoms with Gasteiger partial charge in [-0.2, -0.15) is 0 Å². The number of benzene rings is 1. The molecule has 1 fully saturated rings. The lowest BCUT2D eigenvalue weighted by Crippen LogP contribution is -2.57. The van der Waals surface area contributed by atoms with Crippen LogP contribution in [0.2, 0.25) is 0 Å². The van der Waals surface area contributed by atoms with Crippen LogP contribution in [0.3, 0.4) is 0 Å². The summed E-state index contributed by atoms with van der Waals surface area (Å²) in [4.78, 5) is 45.2. The molecule has 3 aliphatic rings. The second-order valence-electron chi connectivity index (χ2n) is 10.8. The number of amides is 4. The number of piperidine rings is 1. The van der Waals surface area contributed by atoms with Gasteiger partial charge in [-0.15, -0.1) is 0 Å². The van der Waals surface area contributed by atoms with E-state index >= 15 is 4.39 Å². The minimum Gasteiger partial charge on any atom is -0.345 e. The molecular weight excluding hydrogens is 563 g/mol. The predicted molar refractivity (Wildman–Crippen MR) is 139 cm³/mol. The van der Waals surface area contributed by atoms with Crippen molar-refractivity contribution in [3.63, 3.8) is 0 Å². The SMILES string of the molecule is O=C1NC(=O)C(c2cnc3ccccn23)=C1c1cn2c3c(cc(F)cc13)CN(C(=O)N1CC(F)(F)CC(F)(F)C1)CC2. The molecule has 0 atom stereocenters. The topological polar surface area (TPSA) is 92.0 Å². The highest BCUT2D eigenvalue weighted by Gasteiger charge is 2.52. The van der Waals surface area contributed by atoms with Crippen molar-refractivity contribution in [1.29, 1.82) is 0 Å². The Morgan fingerprint density at radius 1 is 0.952 bits per heavy atom. The number of carbonyl (C=O) groups excluding carboxylic acids is 3. The van der Waals surface area contributed by atoms with Crippen LogP contribution in [0.5, 0.6) is 0 Å². The molecule has 9 nitrogen and oxygen atoms in total. The third kappa shape index (κ3) is 4.11. The molecule has 3 aliphatic heterocycles. The van der Waals surface area contributed by atoms with Crippen molar-refractivity contribution in [1.82, 2.24) is 29.1 Å². The van der Waals surface area contributed by atoms with Gasteiger partial charge in [-0.05, 0) is 29.8 Å². The van der Waals surface area contributed by atoms with E-state index in [0.717, 1.165) is 4.90 Å². The third-order valence-corrected chi connectivity index (χ3v) is 7.76. The molecular formula is C28H21F5N6O3. The zero-order valence-corrected chi connectivity index (χ0v) is 21.7. The van der Waals surface area contributed by atoms with Crippen LogP contribution >= 0.6 is 0 Å². The Labute approximate surface area is 233 Å². The highest BCUT2D eigenvalue weighted by atomic mass is 19.3. The number of imide groups is 1. The van der Waals surface area contributed by atoms with E-state index in [9.17, 15) is 31.9 Å². The summed E-state index contributed by atoms with van der Waals surface area (Å²) in [5, 5.41) is 2.61. The Kier molecular flexibility index (Phi) is 5.53. The lowest BCUT2D eigenvalue weighted by atomic mass is 9.98. The van der Waals surface area contributed by atoms with Gasteiger partial charge in [0.15, 0.2) is 0 Å². The van der Waals surface area contributed by atoms with Crippen LogP contribution in [0.25, 0.3) is 27.7 Å². The lowest BCUT2D eigenvalue weighted by Gasteiger charge is -2.39. The fraction of sp³-hybridized carbons (Fsp3) is 0.286. The van der Waals surface area contributed by atoms with Gasteiger partial charge < -0.3 is 14.4 Å². The molecule has 1 aromatic carbocycles. The molecule has 42 heavy (non-hydrogen) atoms. The summed E-state index contributed by atoms with van der Waals surface area (Å²) >= 11 is 0. The van der Waals surface area contributed by atoms with E-state index in [2.05, 4.69) is 10.3 Å². The zero-order chi connectivity index (χ0) is 29.6. The number of rotatable bonds is 2. The molecule has 216 valence electrons. The number of hydrogen-bond donors (Lipinski definition) is 1. The van der Waals surface area contributed by atoms with E-state index in [1.54, 1.807) is 39.6 Å². The van der Waals surface area contributed by atoms with Gasteiger partial charge in [-0.1, -0.05) is 6.07 Å². The van der Waals surface area contributed by atoms with E-state index in [1.165, 1.54) is 18.3 Å². The number of urea groups is 1. The Morgan fingerprint density at radius 3 is 2.45 bits per heavy atom. The standard InChI is InChI=1S/C28H21F5N6O3/c29-16-7-15-10-37(26(42)38-13-27(30,31)12-28(32,33)14-38)6-5-36-11-18(17(8-16)23(15)36)21-22(25(41)35-24(21)40)19-9-34-20-3-1-2-4-39(19)20/h1-4,7-9,11H,5-6,10,12-14H2,(H,35,40,41). The Hall–Kier alpha value is -4.75. The number of halogens is 5. The molecule has 1 saturated heterocycles. The summed E-state index contributed by atoms with van der Waals surface area (Å²) in [5.74, 6) is -9.52. The number of aromatic nitrogens is 3. The van der Waals surface area contributed by atoms with Crippen molar-refractivity contribution in [2.45, 2.75) is 31.4 Å². The number of fused-ring (bicyclic) bond motifs is 1. The Morgan fingerprint density at radius 2 is 1.69 bits per heavy atom. The van der Waals surface area contributed by atoms with Crippen LogP contribution in [0, 0.1) is 5.82 Å². The van der Waals surface area contributed by atoms with Crippen LogP contribution in [0.15, 0.2) is 48.9 Å². The number of pyridine rings is 1. The van der Waals surface area contributed by atoms with Crippen molar-refractivity contribution in [3.05, 3.63) is 71.6 Å². The average molecular weight is 585 g/mol. The van der Waals surface area contributed by atoms with E-state index in [0.29, 0.717) is 32.7 Å². The molecule has 0 aliphatic carbocycles. The molecule has 0 saturated carbocycles. The summed E-state index contributed by atoms with van der Waals surface area (Å²) in [6.07, 6.45) is 3.10. The van der Waals surface area contributed by atoms with Gasteiger partial charge in [-0.3, -0.25) is 19.3 Å². The fourth-order valence-corrected chi connectivity index (χ4v) is 6.18. The summed E-state index contributed by atoms with van der Waals surface area (Å²) in [6, 6.07) is 6.63. The van der Waals surface area contributed by atoms with Crippen LogP contribution in [-0.4, -0.2) is 73.1 Å². The first-order valence-electron chi connectivity index (χ1n) is 13.0. The van der Waals surface area contributed by atoms with Crippen LogP contribution < -0.4 is 5.32 Å². The maximum Gasteiger partial charge on any atom is 0.320 e. The minimum absolute atomic E-state index is 0.0252. The molecule has 6 heterocycles. The first-order valence-corrected chi connectivity index (χ1v) is 13.0. The average Bonchev–Trinajstić information content (AvgIpc) is 3.52. The van der Waals surface area contributed by atoms with Gasteiger partial charge in [0.2, 0.25) is 0 Å². The quantitative estimate of drug-likeness (QED) is 0.286. The Bertz CT molecular complexity index is 1860. The lowest BCUT2D eigenvalue weighted by molar-refractivity contribution is -0.162. The van der Waals surface area contributed by atoms with Gasteiger partial charge in [0.25, 0.3) is 23.7 Å². The largest absolute Gasteiger partial charge is 0.345 e. The molecule has 0 bridgehead atoms. The fourth-order valence-electron chi connectivity index (χ4n) is 6.18. The maximum absolute atomic E-state index is 15.0.